The molecule has 0 heterocycles. The highest BCUT2D eigenvalue weighted by Gasteiger charge is 2.43. The van der Waals surface area contributed by atoms with E-state index < -0.39 is 19.2 Å². The summed E-state index contributed by atoms with van der Waals surface area (Å²) < 4.78 is 28.2. The second-order valence-corrected chi connectivity index (χ2v) is 7.06. The number of carbonyl (C=O) groups is 2. The molecule has 0 spiro atoms. The molecule has 0 aromatic rings. The lowest BCUT2D eigenvalue weighted by molar-refractivity contribution is -0.144. The van der Waals surface area contributed by atoms with Gasteiger partial charge in [0.2, 0.25) is 0 Å². The van der Waals surface area contributed by atoms with Gasteiger partial charge in [0.05, 0.1) is 19.8 Å². The first-order valence-electron chi connectivity index (χ1n) is 8.02. The van der Waals surface area contributed by atoms with E-state index in [1.54, 1.807) is 20.8 Å². The van der Waals surface area contributed by atoms with Crippen LogP contribution in [0.2, 0.25) is 0 Å². The molecule has 6 nitrogen and oxygen atoms in total. The molecule has 0 aromatic heterocycles. The van der Waals surface area contributed by atoms with Gasteiger partial charge < -0.3 is 13.8 Å². The largest absolute Gasteiger partial charge is 0.465 e. The maximum Gasteiger partial charge on any atom is 0.345 e. The fourth-order valence-corrected chi connectivity index (χ4v) is 3.94. The number of hydrogen-bond acceptors (Lipinski definition) is 6. The minimum Gasteiger partial charge on any atom is -0.465 e. The van der Waals surface area contributed by atoms with Crippen LogP contribution in [0.1, 0.15) is 59.8 Å². The van der Waals surface area contributed by atoms with Gasteiger partial charge in [-0.15, -0.1) is 0 Å². The van der Waals surface area contributed by atoms with Crippen LogP contribution in [0.15, 0.2) is 0 Å². The number of esters is 1. The highest BCUT2D eigenvalue weighted by molar-refractivity contribution is 7.55. The second-order valence-electron chi connectivity index (χ2n) is 4.84. The summed E-state index contributed by atoms with van der Waals surface area (Å²) in [4.78, 5) is 24.2. The normalized spacial score (nSPS) is 12.9. The molecule has 0 bridgehead atoms. The van der Waals surface area contributed by atoms with Crippen molar-refractivity contribution in [3.63, 3.8) is 0 Å². The number of rotatable bonds is 13. The Labute approximate surface area is 133 Å². The number of ether oxygens (including phenoxy) is 1. The van der Waals surface area contributed by atoms with E-state index in [1.807, 2.05) is 6.92 Å². The van der Waals surface area contributed by atoms with Gasteiger partial charge in [-0.25, -0.2) is 0 Å². The molecule has 0 saturated heterocycles. The van der Waals surface area contributed by atoms with Gasteiger partial charge in [-0.1, -0.05) is 19.8 Å². The van der Waals surface area contributed by atoms with Crippen LogP contribution in [0.25, 0.3) is 0 Å². The number of ketones is 1. The first-order valence-corrected chi connectivity index (χ1v) is 9.63. The van der Waals surface area contributed by atoms with Crippen molar-refractivity contribution in [1.82, 2.24) is 0 Å². The SMILES string of the molecule is CCCCCC(=O)CC(C(=O)OCC)P(=O)(OCC)OCC. The Bertz CT molecular complexity index is 372. The van der Waals surface area contributed by atoms with Crippen molar-refractivity contribution in [1.29, 1.82) is 0 Å². The van der Waals surface area contributed by atoms with Gasteiger partial charge in [-0.05, 0) is 27.2 Å². The fourth-order valence-electron chi connectivity index (χ4n) is 2.03. The zero-order valence-electron chi connectivity index (χ0n) is 14.1. The monoisotopic (exact) mass is 336 g/mol. The highest BCUT2D eigenvalue weighted by atomic mass is 31.2. The minimum absolute atomic E-state index is 0.119. The standard InChI is InChI=1S/C15H29O6P/c1-5-9-10-11-13(16)12-14(15(17)19-6-2)22(18,20-7-3)21-8-4/h14H,5-12H2,1-4H3. The lowest BCUT2D eigenvalue weighted by atomic mass is 10.1. The fraction of sp³-hybridized carbons (Fsp3) is 0.867. The van der Waals surface area contributed by atoms with Crippen LogP contribution in [0.5, 0.6) is 0 Å². The smallest absolute Gasteiger partial charge is 0.345 e. The van der Waals surface area contributed by atoms with E-state index in [2.05, 4.69) is 0 Å². The van der Waals surface area contributed by atoms with Crippen molar-refractivity contribution in [2.45, 2.75) is 65.5 Å². The first kappa shape index (κ1) is 21.3. The van der Waals surface area contributed by atoms with E-state index >= 15 is 0 Å². The zero-order chi connectivity index (χ0) is 17.0. The predicted molar refractivity (Wildman–Crippen MR) is 85.0 cm³/mol. The van der Waals surface area contributed by atoms with Crippen LogP contribution in [0, 0.1) is 0 Å². The molecule has 0 aromatic carbocycles. The summed E-state index contributed by atoms with van der Waals surface area (Å²) in [6.07, 6.45) is 2.91. The molecule has 1 unspecified atom stereocenters. The highest BCUT2D eigenvalue weighted by Crippen LogP contribution is 2.54. The maximum atomic E-state index is 12.8. The summed E-state index contributed by atoms with van der Waals surface area (Å²) in [6, 6.07) is 0. The summed E-state index contributed by atoms with van der Waals surface area (Å²) in [6.45, 7) is 7.45. The van der Waals surface area contributed by atoms with E-state index in [1.165, 1.54) is 0 Å². The van der Waals surface area contributed by atoms with Gasteiger partial charge in [0, 0.05) is 12.8 Å². The average Bonchev–Trinajstić information content (AvgIpc) is 2.45. The number of carbonyl (C=O) groups excluding carboxylic acids is 2. The molecule has 1 atom stereocenters. The van der Waals surface area contributed by atoms with Crippen molar-refractivity contribution in [3.05, 3.63) is 0 Å². The van der Waals surface area contributed by atoms with Crippen molar-refractivity contribution < 1.29 is 27.9 Å². The topological polar surface area (TPSA) is 78.9 Å². The second kappa shape index (κ2) is 11.8. The van der Waals surface area contributed by atoms with Crippen molar-refractivity contribution in [2.24, 2.45) is 0 Å². The quantitative estimate of drug-likeness (QED) is 0.290. The van der Waals surface area contributed by atoms with Crippen molar-refractivity contribution >= 4 is 19.3 Å². The average molecular weight is 336 g/mol. The Kier molecular flexibility index (Phi) is 11.4. The summed E-state index contributed by atoms with van der Waals surface area (Å²) in [5.74, 6) is -0.817. The van der Waals surface area contributed by atoms with E-state index in [0.717, 1.165) is 19.3 Å². The van der Waals surface area contributed by atoms with Gasteiger partial charge in [0.25, 0.3) is 0 Å². The van der Waals surface area contributed by atoms with Gasteiger partial charge in [-0.2, -0.15) is 0 Å². The Morgan fingerprint density at radius 2 is 1.55 bits per heavy atom. The molecule has 0 saturated carbocycles. The maximum absolute atomic E-state index is 12.8. The van der Waals surface area contributed by atoms with E-state index in [-0.39, 0.29) is 32.0 Å². The van der Waals surface area contributed by atoms with E-state index in [9.17, 15) is 14.2 Å². The molecule has 0 aliphatic heterocycles. The molecule has 0 rings (SSSR count). The van der Waals surface area contributed by atoms with Gasteiger partial charge in [-0.3, -0.25) is 14.2 Å². The van der Waals surface area contributed by atoms with Crippen LogP contribution in [-0.2, 0) is 27.9 Å². The summed E-state index contributed by atoms with van der Waals surface area (Å²) >= 11 is 0. The molecule has 130 valence electrons. The van der Waals surface area contributed by atoms with Crippen LogP contribution in [0.3, 0.4) is 0 Å². The number of unbranched alkanes of at least 4 members (excludes halogenated alkanes) is 2. The Balaban J connectivity index is 5.05. The summed E-state index contributed by atoms with van der Waals surface area (Å²) in [5, 5.41) is 0. The van der Waals surface area contributed by atoms with Crippen LogP contribution in [0.4, 0.5) is 0 Å². The first-order chi connectivity index (χ1) is 10.4. The Hall–Kier alpha value is -0.710. The summed E-state index contributed by atoms with van der Waals surface area (Å²) in [7, 11) is -3.70. The third-order valence-electron chi connectivity index (χ3n) is 3.04. The van der Waals surface area contributed by atoms with Crippen LogP contribution >= 0.6 is 7.60 Å². The molecule has 0 amide bonds. The summed E-state index contributed by atoms with van der Waals surface area (Å²) in [5.41, 5.74) is -1.18. The molecule has 22 heavy (non-hydrogen) atoms. The third-order valence-corrected chi connectivity index (χ3v) is 5.43. The molecule has 0 aliphatic rings. The molecule has 0 radical (unpaired) electrons. The predicted octanol–water partition coefficient (Wildman–Crippen LogP) is 3.72. The molecular formula is C15H29O6P. The molecule has 0 fully saturated rings. The van der Waals surface area contributed by atoms with Gasteiger partial charge in [0.15, 0.2) is 5.66 Å². The Morgan fingerprint density at radius 3 is 2.00 bits per heavy atom. The van der Waals surface area contributed by atoms with E-state index in [0.29, 0.717) is 6.42 Å². The molecule has 0 aliphatic carbocycles. The van der Waals surface area contributed by atoms with Gasteiger partial charge >= 0.3 is 13.6 Å². The molecule has 7 heteroatoms. The van der Waals surface area contributed by atoms with Gasteiger partial charge in [0.1, 0.15) is 5.78 Å². The minimum atomic E-state index is -3.70. The van der Waals surface area contributed by atoms with Crippen molar-refractivity contribution in [3.8, 4) is 0 Å². The van der Waals surface area contributed by atoms with E-state index in [4.69, 9.17) is 13.8 Å². The number of Topliss-reactive ketones (excluding diaryl/α,β-unsaturated/α-hetero) is 1. The molecule has 0 N–H and O–H groups in total. The Morgan fingerprint density at radius 1 is 0.955 bits per heavy atom. The number of hydrogen-bond donors (Lipinski definition) is 0. The lowest BCUT2D eigenvalue weighted by Gasteiger charge is -2.24. The van der Waals surface area contributed by atoms with Crippen LogP contribution in [-0.4, -0.2) is 37.2 Å². The zero-order valence-corrected chi connectivity index (χ0v) is 15.0. The third kappa shape index (κ3) is 7.52. The van der Waals surface area contributed by atoms with Crippen molar-refractivity contribution in [2.75, 3.05) is 19.8 Å². The molecular weight excluding hydrogens is 307 g/mol. The lowest BCUT2D eigenvalue weighted by Crippen LogP contribution is -2.28. The van der Waals surface area contributed by atoms with Crippen LogP contribution < -0.4 is 0 Å².